The minimum absolute atomic E-state index is 0.0206. The van der Waals surface area contributed by atoms with Crippen molar-refractivity contribution in [3.8, 4) is 5.75 Å². The number of carbonyl (C=O) groups excluding carboxylic acids is 1. The molecule has 0 atom stereocenters. The Hall–Kier alpha value is -3.09. The highest BCUT2D eigenvalue weighted by Crippen LogP contribution is 2.23. The van der Waals surface area contributed by atoms with Crippen LogP contribution in [0.5, 0.6) is 5.75 Å². The van der Waals surface area contributed by atoms with Crippen LogP contribution in [-0.4, -0.2) is 38.9 Å². The molecule has 0 saturated carbocycles. The van der Waals surface area contributed by atoms with Crippen molar-refractivity contribution in [2.75, 3.05) is 13.1 Å². The van der Waals surface area contributed by atoms with Crippen molar-refractivity contribution in [2.45, 2.75) is 12.6 Å². The maximum atomic E-state index is 12.1. The Kier molecular flexibility index (Phi) is 3.74. The fraction of sp³-hybridized carbons (Fsp3) is 0.235. The van der Waals surface area contributed by atoms with Crippen LogP contribution >= 0.6 is 0 Å². The number of ether oxygens (including phenoxy) is 1. The maximum Gasteiger partial charge on any atom is 0.257 e. The summed E-state index contributed by atoms with van der Waals surface area (Å²) in [6.07, 6.45) is 4.83. The average Bonchev–Trinajstić information content (AvgIpc) is 3.24. The van der Waals surface area contributed by atoms with Crippen molar-refractivity contribution < 1.29 is 13.9 Å². The van der Waals surface area contributed by atoms with E-state index in [0.29, 0.717) is 25.3 Å². The maximum absolute atomic E-state index is 12.1. The molecule has 0 bridgehead atoms. The van der Waals surface area contributed by atoms with Gasteiger partial charge in [0, 0.05) is 13.1 Å². The van der Waals surface area contributed by atoms with Gasteiger partial charge in [-0.2, -0.15) is 0 Å². The molecule has 1 fully saturated rings. The number of furan rings is 1. The number of rotatable bonds is 5. The van der Waals surface area contributed by atoms with Crippen LogP contribution < -0.4 is 4.74 Å². The summed E-state index contributed by atoms with van der Waals surface area (Å²) in [5.74, 6) is 0.778. The molecule has 1 aliphatic rings. The zero-order valence-corrected chi connectivity index (χ0v) is 12.9. The second-order valence-electron chi connectivity index (χ2n) is 5.67. The van der Waals surface area contributed by atoms with E-state index >= 15 is 0 Å². The van der Waals surface area contributed by atoms with Gasteiger partial charge in [0.05, 0.1) is 24.1 Å². The molecule has 0 unspecified atom stereocenters. The number of benzene rings is 1. The summed E-state index contributed by atoms with van der Waals surface area (Å²) in [5.41, 5.74) is 1.34. The monoisotopic (exact) mass is 324 g/mol. The first kappa shape index (κ1) is 14.5. The lowest BCUT2D eigenvalue weighted by Crippen LogP contribution is -2.50. The first-order valence-electron chi connectivity index (χ1n) is 7.69. The molecule has 0 radical (unpaired) electrons. The highest BCUT2D eigenvalue weighted by molar-refractivity contribution is 5.94. The van der Waals surface area contributed by atoms with Crippen molar-refractivity contribution in [1.29, 1.82) is 0 Å². The van der Waals surface area contributed by atoms with Crippen molar-refractivity contribution in [2.24, 2.45) is 0 Å². The first-order valence-corrected chi connectivity index (χ1v) is 7.69. The molecule has 7 nitrogen and oxygen atoms in total. The molecule has 122 valence electrons. The third kappa shape index (κ3) is 2.88. The smallest absolute Gasteiger partial charge is 0.257 e. The van der Waals surface area contributed by atoms with E-state index in [2.05, 4.69) is 10.3 Å². The second kappa shape index (κ2) is 6.19. The Bertz CT molecular complexity index is 808. The van der Waals surface area contributed by atoms with E-state index in [1.165, 1.54) is 12.5 Å². The fourth-order valence-corrected chi connectivity index (χ4v) is 2.59. The van der Waals surface area contributed by atoms with E-state index < -0.39 is 0 Å². The molecule has 1 amide bonds. The Morgan fingerprint density at radius 2 is 2.08 bits per heavy atom. The average molecular weight is 324 g/mol. The number of hydrogen-bond donors (Lipinski definition) is 0. The van der Waals surface area contributed by atoms with E-state index in [0.717, 1.165) is 11.4 Å². The molecule has 2 aromatic heterocycles. The van der Waals surface area contributed by atoms with Gasteiger partial charge in [-0.05, 0) is 18.2 Å². The number of hydrogen-bond acceptors (Lipinski definition) is 5. The summed E-state index contributed by atoms with van der Waals surface area (Å²) in [6, 6.07) is 11.4. The normalized spacial score (nSPS) is 14.4. The molecule has 3 heterocycles. The molecule has 0 aliphatic carbocycles. The molecular formula is C17H16N4O3. The molecule has 1 saturated heterocycles. The lowest BCUT2D eigenvalue weighted by atomic mass is 10.1. The van der Waals surface area contributed by atoms with Crippen LogP contribution in [0.4, 0.5) is 0 Å². The summed E-state index contributed by atoms with van der Waals surface area (Å²) in [4.78, 5) is 13.9. The zero-order chi connectivity index (χ0) is 16.4. The minimum Gasteiger partial charge on any atom is -0.487 e. The topological polar surface area (TPSA) is 73.4 Å². The summed E-state index contributed by atoms with van der Waals surface area (Å²) in [5, 5.41) is 8.26. The molecule has 1 aliphatic heterocycles. The molecule has 3 aromatic rings. The van der Waals surface area contributed by atoms with Crippen LogP contribution in [0.2, 0.25) is 0 Å². The summed E-state index contributed by atoms with van der Waals surface area (Å²) in [6.45, 7) is 1.60. The van der Waals surface area contributed by atoms with E-state index in [4.69, 9.17) is 9.15 Å². The van der Waals surface area contributed by atoms with Gasteiger partial charge in [0.15, 0.2) is 0 Å². The van der Waals surface area contributed by atoms with Crippen LogP contribution in [0.15, 0.2) is 59.5 Å². The van der Waals surface area contributed by atoms with Crippen LogP contribution in [0.25, 0.3) is 0 Å². The van der Waals surface area contributed by atoms with Crippen molar-refractivity contribution >= 4 is 5.91 Å². The quantitative estimate of drug-likeness (QED) is 0.719. The molecule has 0 N–H and O–H groups in total. The van der Waals surface area contributed by atoms with Crippen molar-refractivity contribution in [3.63, 3.8) is 0 Å². The number of nitrogens with zero attached hydrogens (tertiary/aromatic N) is 4. The minimum atomic E-state index is -0.0206. The largest absolute Gasteiger partial charge is 0.487 e. The number of para-hydroxylation sites is 1. The van der Waals surface area contributed by atoms with Gasteiger partial charge in [0.2, 0.25) is 0 Å². The highest BCUT2D eigenvalue weighted by Gasteiger charge is 2.33. The summed E-state index contributed by atoms with van der Waals surface area (Å²) >= 11 is 0. The molecule has 4 rings (SSSR count). The lowest BCUT2D eigenvalue weighted by Gasteiger charge is -2.38. The van der Waals surface area contributed by atoms with Crippen LogP contribution in [-0.2, 0) is 6.61 Å². The number of carbonyl (C=O) groups is 1. The van der Waals surface area contributed by atoms with Crippen LogP contribution in [0.3, 0.4) is 0 Å². The number of amides is 1. The van der Waals surface area contributed by atoms with E-state index in [1.807, 2.05) is 36.5 Å². The SMILES string of the molecule is O=C(c1ccoc1)N1CC(n2cc(COc3ccccc3)nn2)C1. The molecule has 0 spiro atoms. The predicted molar refractivity (Wildman–Crippen MR) is 84.4 cm³/mol. The van der Waals surface area contributed by atoms with Crippen LogP contribution in [0.1, 0.15) is 22.1 Å². The summed E-state index contributed by atoms with van der Waals surface area (Å²) < 4.78 is 12.4. The molecule has 1 aromatic carbocycles. The van der Waals surface area contributed by atoms with E-state index in [9.17, 15) is 4.79 Å². The standard InChI is InChI=1S/C17H16N4O3/c22-17(13-6-7-23-11-13)20-9-15(10-20)21-8-14(18-19-21)12-24-16-4-2-1-3-5-16/h1-8,11,15H,9-10,12H2. The Morgan fingerprint density at radius 1 is 1.25 bits per heavy atom. The molecular weight excluding hydrogens is 308 g/mol. The third-order valence-electron chi connectivity index (χ3n) is 3.98. The Labute approximate surface area is 138 Å². The van der Waals surface area contributed by atoms with Crippen molar-refractivity contribution in [3.05, 3.63) is 66.4 Å². The van der Waals surface area contributed by atoms with Gasteiger partial charge in [0.1, 0.15) is 24.3 Å². The van der Waals surface area contributed by atoms with Gasteiger partial charge in [-0.3, -0.25) is 4.79 Å². The van der Waals surface area contributed by atoms with Gasteiger partial charge in [0.25, 0.3) is 5.91 Å². The van der Waals surface area contributed by atoms with E-state index in [-0.39, 0.29) is 11.9 Å². The second-order valence-corrected chi connectivity index (χ2v) is 5.67. The lowest BCUT2D eigenvalue weighted by molar-refractivity contribution is 0.0497. The fourth-order valence-electron chi connectivity index (χ4n) is 2.59. The Balaban J connectivity index is 1.31. The molecule has 24 heavy (non-hydrogen) atoms. The van der Waals surface area contributed by atoms with Crippen molar-refractivity contribution in [1.82, 2.24) is 19.9 Å². The van der Waals surface area contributed by atoms with Gasteiger partial charge in [-0.15, -0.1) is 5.10 Å². The first-order chi connectivity index (χ1) is 11.8. The van der Waals surface area contributed by atoms with Gasteiger partial charge >= 0.3 is 0 Å². The summed E-state index contributed by atoms with van der Waals surface area (Å²) in [7, 11) is 0. The zero-order valence-electron chi connectivity index (χ0n) is 12.9. The number of likely N-dealkylation sites (tertiary alicyclic amines) is 1. The van der Waals surface area contributed by atoms with Gasteiger partial charge in [-0.1, -0.05) is 23.4 Å². The molecule has 7 heteroatoms. The van der Waals surface area contributed by atoms with Gasteiger partial charge < -0.3 is 14.1 Å². The highest BCUT2D eigenvalue weighted by atomic mass is 16.5. The van der Waals surface area contributed by atoms with Crippen LogP contribution in [0, 0.1) is 0 Å². The van der Waals surface area contributed by atoms with E-state index in [1.54, 1.807) is 15.6 Å². The van der Waals surface area contributed by atoms with Gasteiger partial charge in [-0.25, -0.2) is 4.68 Å². The predicted octanol–water partition coefficient (Wildman–Crippen LogP) is 2.15. The third-order valence-corrected chi connectivity index (χ3v) is 3.98. The number of aromatic nitrogens is 3. The Morgan fingerprint density at radius 3 is 2.83 bits per heavy atom.